The van der Waals surface area contributed by atoms with Gasteiger partial charge >= 0.3 is 0 Å². The van der Waals surface area contributed by atoms with Gasteiger partial charge in [0.25, 0.3) is 5.69 Å². The topological polar surface area (TPSA) is 55.2 Å². The fourth-order valence-electron chi connectivity index (χ4n) is 1.20. The van der Waals surface area contributed by atoms with Gasteiger partial charge in [-0.1, -0.05) is 31.5 Å². The molecule has 0 aliphatic rings. The summed E-state index contributed by atoms with van der Waals surface area (Å²) >= 11 is 5.91. The second-order valence-electron chi connectivity index (χ2n) is 3.53. The molecule has 0 aliphatic carbocycles. The van der Waals surface area contributed by atoms with Crippen LogP contribution in [0.1, 0.15) is 19.4 Å². The maximum atomic E-state index is 10.7. The van der Waals surface area contributed by atoms with Crippen LogP contribution in [-0.4, -0.2) is 11.0 Å². The number of halogens is 1. The highest BCUT2D eigenvalue weighted by Crippen LogP contribution is 2.25. The molecule has 0 aliphatic heterocycles. The van der Waals surface area contributed by atoms with E-state index in [0.717, 1.165) is 0 Å². The summed E-state index contributed by atoms with van der Waals surface area (Å²) in [5.41, 5.74) is 0.605. The van der Waals surface area contributed by atoms with Gasteiger partial charge in [0.2, 0.25) is 0 Å². The number of nitrogens with one attached hydrogen (secondary N) is 1. The molecule has 0 saturated carbocycles. The monoisotopic (exact) mass is 228 g/mol. The van der Waals surface area contributed by atoms with Gasteiger partial charge in [-0.05, 0) is 6.07 Å². The maximum Gasteiger partial charge on any atom is 0.275 e. The van der Waals surface area contributed by atoms with E-state index >= 15 is 0 Å². The van der Waals surface area contributed by atoms with Crippen LogP contribution in [0.5, 0.6) is 0 Å². The Morgan fingerprint density at radius 1 is 1.53 bits per heavy atom. The number of hydrogen-bond donors (Lipinski definition) is 1. The molecule has 1 rings (SSSR count). The van der Waals surface area contributed by atoms with Crippen molar-refractivity contribution in [2.24, 2.45) is 0 Å². The minimum Gasteiger partial charge on any atom is -0.310 e. The third kappa shape index (κ3) is 3.18. The maximum absolute atomic E-state index is 10.7. The molecule has 1 aromatic carbocycles. The summed E-state index contributed by atoms with van der Waals surface area (Å²) in [6.45, 7) is 4.36. The zero-order chi connectivity index (χ0) is 11.4. The van der Waals surface area contributed by atoms with Gasteiger partial charge in [0.1, 0.15) is 0 Å². The molecule has 0 aromatic heterocycles. The van der Waals surface area contributed by atoms with E-state index in [1.807, 2.05) is 13.8 Å². The van der Waals surface area contributed by atoms with Crippen LogP contribution in [0, 0.1) is 10.1 Å². The van der Waals surface area contributed by atoms with Crippen molar-refractivity contribution in [1.82, 2.24) is 5.32 Å². The number of rotatable bonds is 4. The van der Waals surface area contributed by atoms with Crippen LogP contribution in [0.4, 0.5) is 5.69 Å². The number of nitrogens with zero attached hydrogens (tertiary/aromatic N) is 1. The van der Waals surface area contributed by atoms with E-state index in [9.17, 15) is 10.1 Å². The number of nitro benzene ring substituents is 1. The van der Waals surface area contributed by atoms with Crippen LogP contribution < -0.4 is 5.32 Å². The molecule has 0 atom stereocenters. The first-order valence-electron chi connectivity index (χ1n) is 4.67. The Bertz CT molecular complexity index is 366. The van der Waals surface area contributed by atoms with Crippen molar-refractivity contribution in [2.75, 3.05) is 0 Å². The summed E-state index contributed by atoms with van der Waals surface area (Å²) in [6.07, 6.45) is 0. The summed E-state index contributed by atoms with van der Waals surface area (Å²) in [7, 11) is 0. The molecule has 0 unspecified atom stereocenters. The second kappa shape index (κ2) is 5.09. The predicted octanol–water partition coefficient (Wildman–Crippen LogP) is 2.75. The Balaban J connectivity index is 2.97. The fraction of sp³-hybridized carbons (Fsp3) is 0.400. The molecular formula is C10H13ClN2O2. The van der Waals surface area contributed by atoms with E-state index in [4.69, 9.17) is 11.6 Å². The van der Waals surface area contributed by atoms with Crippen molar-refractivity contribution < 1.29 is 4.92 Å². The smallest absolute Gasteiger partial charge is 0.275 e. The fourth-order valence-corrected chi connectivity index (χ4v) is 1.44. The van der Waals surface area contributed by atoms with Gasteiger partial charge in [0.05, 0.1) is 15.5 Å². The lowest BCUT2D eigenvalue weighted by atomic mass is 10.1. The summed E-state index contributed by atoms with van der Waals surface area (Å²) in [5.74, 6) is 0. The van der Waals surface area contributed by atoms with Gasteiger partial charge in [0.15, 0.2) is 0 Å². The van der Waals surface area contributed by atoms with Crippen molar-refractivity contribution >= 4 is 17.3 Å². The molecule has 1 N–H and O–H groups in total. The lowest BCUT2D eigenvalue weighted by molar-refractivity contribution is -0.385. The quantitative estimate of drug-likeness (QED) is 0.637. The molecule has 0 bridgehead atoms. The zero-order valence-corrected chi connectivity index (χ0v) is 9.41. The van der Waals surface area contributed by atoms with Crippen LogP contribution in [0.25, 0.3) is 0 Å². The van der Waals surface area contributed by atoms with Crippen LogP contribution >= 0.6 is 11.6 Å². The van der Waals surface area contributed by atoms with E-state index in [-0.39, 0.29) is 11.7 Å². The van der Waals surface area contributed by atoms with Gasteiger partial charge in [-0.3, -0.25) is 10.1 Å². The van der Waals surface area contributed by atoms with Crippen molar-refractivity contribution in [3.63, 3.8) is 0 Å². The van der Waals surface area contributed by atoms with Crippen molar-refractivity contribution in [2.45, 2.75) is 26.4 Å². The SMILES string of the molecule is CC(C)NCc1c(Cl)cccc1[N+](=O)[O-]. The van der Waals surface area contributed by atoms with E-state index in [2.05, 4.69) is 5.32 Å². The second-order valence-corrected chi connectivity index (χ2v) is 3.94. The molecule has 0 radical (unpaired) electrons. The van der Waals surface area contributed by atoms with E-state index in [0.29, 0.717) is 17.1 Å². The molecule has 4 nitrogen and oxygen atoms in total. The third-order valence-corrected chi connectivity index (χ3v) is 2.33. The summed E-state index contributed by atoms with van der Waals surface area (Å²) in [4.78, 5) is 10.3. The molecule has 0 fully saturated rings. The highest BCUT2D eigenvalue weighted by molar-refractivity contribution is 6.31. The first-order chi connectivity index (χ1) is 7.02. The van der Waals surface area contributed by atoms with Gasteiger partial charge in [-0.25, -0.2) is 0 Å². The minimum atomic E-state index is -0.413. The minimum absolute atomic E-state index is 0.0654. The highest BCUT2D eigenvalue weighted by Gasteiger charge is 2.15. The van der Waals surface area contributed by atoms with Crippen molar-refractivity contribution in [3.05, 3.63) is 38.9 Å². The van der Waals surface area contributed by atoms with Crippen LogP contribution in [-0.2, 0) is 6.54 Å². The molecule has 0 spiro atoms. The molecular weight excluding hydrogens is 216 g/mol. The Labute approximate surface area is 93.4 Å². The average Bonchev–Trinajstić information content (AvgIpc) is 2.15. The Hall–Kier alpha value is -1.13. The van der Waals surface area contributed by atoms with Crippen LogP contribution in [0.15, 0.2) is 18.2 Å². The summed E-state index contributed by atoms with van der Waals surface area (Å²) in [5, 5.41) is 14.3. The molecule has 15 heavy (non-hydrogen) atoms. The van der Waals surface area contributed by atoms with Gasteiger partial charge in [-0.2, -0.15) is 0 Å². The number of hydrogen-bond acceptors (Lipinski definition) is 3. The molecule has 82 valence electrons. The molecule has 1 aromatic rings. The summed E-state index contributed by atoms with van der Waals surface area (Å²) < 4.78 is 0. The lowest BCUT2D eigenvalue weighted by Gasteiger charge is -2.09. The third-order valence-electron chi connectivity index (χ3n) is 1.98. The first kappa shape index (κ1) is 11.9. The number of nitro groups is 1. The molecule has 0 heterocycles. The standard InChI is InChI=1S/C10H13ClN2O2/c1-7(2)12-6-8-9(11)4-3-5-10(8)13(14)15/h3-5,7,12H,6H2,1-2H3. The van der Waals surface area contributed by atoms with E-state index in [1.165, 1.54) is 6.07 Å². The van der Waals surface area contributed by atoms with E-state index < -0.39 is 4.92 Å². The van der Waals surface area contributed by atoms with Crippen molar-refractivity contribution in [3.8, 4) is 0 Å². The molecule has 0 saturated heterocycles. The zero-order valence-electron chi connectivity index (χ0n) is 8.66. The normalized spacial score (nSPS) is 10.7. The predicted molar refractivity (Wildman–Crippen MR) is 60.1 cm³/mol. The van der Waals surface area contributed by atoms with Crippen LogP contribution in [0.3, 0.4) is 0 Å². The largest absolute Gasteiger partial charge is 0.310 e. The average molecular weight is 229 g/mol. The van der Waals surface area contributed by atoms with Crippen molar-refractivity contribution in [1.29, 1.82) is 0 Å². The lowest BCUT2D eigenvalue weighted by Crippen LogP contribution is -2.22. The van der Waals surface area contributed by atoms with Gasteiger partial charge in [-0.15, -0.1) is 0 Å². The van der Waals surface area contributed by atoms with Gasteiger partial charge < -0.3 is 5.32 Å². The van der Waals surface area contributed by atoms with E-state index in [1.54, 1.807) is 12.1 Å². The first-order valence-corrected chi connectivity index (χ1v) is 5.05. The Morgan fingerprint density at radius 2 is 2.20 bits per heavy atom. The van der Waals surface area contributed by atoms with Crippen LogP contribution in [0.2, 0.25) is 5.02 Å². The molecule has 0 amide bonds. The summed E-state index contributed by atoms with van der Waals surface area (Å²) in [6, 6.07) is 4.97. The van der Waals surface area contributed by atoms with Gasteiger partial charge in [0, 0.05) is 18.7 Å². The highest BCUT2D eigenvalue weighted by atomic mass is 35.5. The molecule has 5 heteroatoms. The Morgan fingerprint density at radius 3 is 2.73 bits per heavy atom. The number of benzene rings is 1. The Kier molecular flexibility index (Phi) is 4.05.